The molecule has 3 heterocycles. The third-order valence-corrected chi connectivity index (χ3v) is 5.75. The average Bonchev–Trinajstić information content (AvgIpc) is 2.81. The molecule has 0 spiro atoms. The van der Waals surface area contributed by atoms with Crippen molar-refractivity contribution in [2.24, 2.45) is 0 Å². The van der Waals surface area contributed by atoms with Crippen LogP contribution in [0.25, 0.3) is 5.52 Å². The number of imidazole rings is 1. The zero-order chi connectivity index (χ0) is 13.5. The van der Waals surface area contributed by atoms with Gasteiger partial charge in [0.15, 0.2) is 16.1 Å². The van der Waals surface area contributed by atoms with Crippen LogP contribution in [0, 0.1) is 0 Å². The maximum absolute atomic E-state index is 12.2. The molecule has 0 amide bonds. The Hall–Kier alpha value is -1.69. The van der Waals surface area contributed by atoms with Crippen LogP contribution in [-0.2, 0) is 9.84 Å². The molecular weight excluding hydrogens is 264 g/mol. The molecule has 6 heteroatoms. The molecule has 0 bridgehead atoms. The Morgan fingerprint density at radius 3 is 2.89 bits per heavy atom. The van der Waals surface area contributed by atoms with Crippen molar-refractivity contribution >= 4 is 21.6 Å². The summed E-state index contributed by atoms with van der Waals surface area (Å²) in [5.41, 5.74) is 1.32. The van der Waals surface area contributed by atoms with Crippen LogP contribution in [0.2, 0.25) is 0 Å². The Morgan fingerprint density at radius 2 is 2.16 bits per heavy atom. The van der Waals surface area contributed by atoms with Crippen LogP contribution in [-0.4, -0.2) is 29.8 Å². The molecule has 100 valence electrons. The molecule has 0 aliphatic carbocycles. The van der Waals surface area contributed by atoms with Gasteiger partial charge in [-0.2, -0.15) is 0 Å². The summed E-state index contributed by atoms with van der Waals surface area (Å²) in [7, 11) is -3.13. The van der Waals surface area contributed by atoms with Gasteiger partial charge in [0, 0.05) is 11.8 Å². The van der Waals surface area contributed by atoms with Gasteiger partial charge in [-0.3, -0.25) is 4.79 Å². The topological polar surface area (TPSA) is 68.5 Å². The predicted molar refractivity (Wildman–Crippen MR) is 71.0 cm³/mol. The number of carbonyl (C=O) groups is 1. The van der Waals surface area contributed by atoms with Gasteiger partial charge in [-0.05, 0) is 25.0 Å². The first-order valence-corrected chi connectivity index (χ1v) is 7.97. The van der Waals surface area contributed by atoms with Crippen molar-refractivity contribution in [2.75, 3.05) is 5.75 Å². The molecule has 1 fully saturated rings. The number of hydrogen-bond acceptors (Lipinski definition) is 4. The minimum atomic E-state index is -3.13. The van der Waals surface area contributed by atoms with Crippen LogP contribution in [0.1, 0.15) is 40.7 Å². The summed E-state index contributed by atoms with van der Waals surface area (Å²) in [5, 5.41) is -0.550. The van der Waals surface area contributed by atoms with Crippen molar-refractivity contribution in [3.8, 4) is 0 Å². The van der Waals surface area contributed by atoms with Crippen LogP contribution in [0.4, 0.5) is 0 Å². The van der Waals surface area contributed by atoms with E-state index in [0.717, 1.165) is 24.6 Å². The largest absolute Gasteiger partial charge is 0.302 e. The molecule has 0 N–H and O–H groups in total. The molecule has 2 aromatic rings. The third-order valence-electron chi connectivity index (χ3n) is 3.58. The monoisotopic (exact) mass is 278 g/mol. The van der Waals surface area contributed by atoms with E-state index in [1.54, 1.807) is 28.9 Å². The van der Waals surface area contributed by atoms with E-state index in [-0.39, 0.29) is 5.75 Å². The van der Waals surface area contributed by atoms with Gasteiger partial charge in [-0.25, -0.2) is 13.4 Å². The van der Waals surface area contributed by atoms with Crippen molar-refractivity contribution in [1.82, 2.24) is 9.38 Å². The van der Waals surface area contributed by atoms with E-state index in [9.17, 15) is 13.2 Å². The lowest BCUT2D eigenvalue weighted by molar-refractivity contribution is 0.112. The summed E-state index contributed by atoms with van der Waals surface area (Å²) in [6.07, 6.45) is 6.27. The van der Waals surface area contributed by atoms with Gasteiger partial charge in [-0.15, -0.1) is 0 Å². The number of rotatable bonds is 2. The zero-order valence-electron chi connectivity index (χ0n) is 10.3. The molecular formula is C13H14N2O3S. The first-order chi connectivity index (χ1) is 9.12. The van der Waals surface area contributed by atoms with Crippen molar-refractivity contribution in [3.05, 3.63) is 35.9 Å². The van der Waals surface area contributed by atoms with Gasteiger partial charge in [0.1, 0.15) is 11.1 Å². The molecule has 3 rings (SSSR count). The molecule has 1 aliphatic rings. The summed E-state index contributed by atoms with van der Waals surface area (Å²) in [6, 6.07) is 3.47. The maximum atomic E-state index is 12.2. The van der Waals surface area contributed by atoms with Gasteiger partial charge in [0.05, 0.1) is 17.5 Å². The molecule has 1 atom stereocenters. The second-order valence-corrected chi connectivity index (χ2v) is 7.15. The van der Waals surface area contributed by atoms with Crippen molar-refractivity contribution in [2.45, 2.75) is 24.5 Å². The molecule has 0 saturated carbocycles. The lowest BCUT2D eigenvalue weighted by Gasteiger charge is -2.21. The molecule has 5 nitrogen and oxygen atoms in total. The van der Waals surface area contributed by atoms with Gasteiger partial charge < -0.3 is 4.40 Å². The predicted octanol–water partition coefficient (Wildman–Crippen LogP) is 1.79. The fourth-order valence-electron chi connectivity index (χ4n) is 2.58. The molecule has 0 radical (unpaired) electrons. The number of fused-ring (bicyclic) bond motifs is 1. The van der Waals surface area contributed by atoms with E-state index in [1.165, 1.54) is 0 Å². The lowest BCUT2D eigenvalue weighted by Crippen LogP contribution is -2.23. The summed E-state index contributed by atoms with van der Waals surface area (Å²) in [5.74, 6) is 0.748. The Morgan fingerprint density at radius 1 is 1.32 bits per heavy atom. The number of aldehydes is 1. The summed E-state index contributed by atoms with van der Waals surface area (Å²) < 4.78 is 26.0. The molecule has 19 heavy (non-hydrogen) atoms. The molecule has 1 saturated heterocycles. The molecule has 2 aromatic heterocycles. The van der Waals surface area contributed by atoms with Crippen LogP contribution in [0.3, 0.4) is 0 Å². The van der Waals surface area contributed by atoms with Gasteiger partial charge in [-0.1, -0.05) is 6.42 Å². The van der Waals surface area contributed by atoms with Crippen LogP contribution in [0.15, 0.2) is 24.5 Å². The Balaban J connectivity index is 2.16. The average molecular weight is 278 g/mol. The number of hydrogen-bond donors (Lipinski definition) is 0. The van der Waals surface area contributed by atoms with Crippen molar-refractivity contribution in [1.29, 1.82) is 0 Å². The van der Waals surface area contributed by atoms with Crippen LogP contribution < -0.4 is 0 Å². The second kappa shape index (κ2) is 4.45. The highest BCUT2D eigenvalue weighted by atomic mass is 32.2. The fourth-order valence-corrected chi connectivity index (χ4v) is 4.49. The summed E-state index contributed by atoms with van der Waals surface area (Å²) in [4.78, 5) is 15.1. The Kier molecular flexibility index (Phi) is 2.89. The van der Waals surface area contributed by atoms with Crippen molar-refractivity contribution < 1.29 is 13.2 Å². The van der Waals surface area contributed by atoms with E-state index in [2.05, 4.69) is 4.98 Å². The summed E-state index contributed by atoms with van der Waals surface area (Å²) in [6.45, 7) is 0. The second-order valence-electron chi connectivity index (χ2n) is 4.84. The van der Waals surface area contributed by atoms with Crippen LogP contribution in [0.5, 0.6) is 0 Å². The van der Waals surface area contributed by atoms with E-state index in [1.807, 2.05) is 0 Å². The highest BCUT2D eigenvalue weighted by Crippen LogP contribution is 2.32. The first kappa shape index (κ1) is 12.3. The maximum Gasteiger partial charge on any atom is 0.160 e. The van der Waals surface area contributed by atoms with Gasteiger partial charge >= 0.3 is 0 Å². The van der Waals surface area contributed by atoms with E-state index in [0.29, 0.717) is 17.8 Å². The molecule has 1 unspecified atom stereocenters. The summed E-state index contributed by atoms with van der Waals surface area (Å²) >= 11 is 0. The van der Waals surface area contributed by atoms with Crippen molar-refractivity contribution in [3.63, 3.8) is 0 Å². The van der Waals surface area contributed by atoms with Crippen LogP contribution >= 0.6 is 0 Å². The van der Waals surface area contributed by atoms with Gasteiger partial charge in [0.25, 0.3) is 0 Å². The number of carbonyl (C=O) groups excluding carboxylic acids is 1. The molecule has 0 aromatic carbocycles. The molecule has 1 aliphatic heterocycles. The third kappa shape index (κ3) is 2.06. The standard InChI is InChI=1S/C13H14N2O3S/c16-9-10-4-5-11-7-14-13(15(11)8-10)12-3-1-2-6-19(12,17)18/h4-5,7-9,12H,1-3,6H2. The highest BCUT2D eigenvalue weighted by molar-refractivity contribution is 7.91. The number of sulfone groups is 1. The Labute approximate surface area is 111 Å². The highest BCUT2D eigenvalue weighted by Gasteiger charge is 2.33. The zero-order valence-corrected chi connectivity index (χ0v) is 11.1. The number of nitrogens with zero attached hydrogens (tertiary/aromatic N) is 2. The van der Waals surface area contributed by atoms with E-state index in [4.69, 9.17) is 0 Å². The lowest BCUT2D eigenvalue weighted by atomic mass is 10.2. The van der Waals surface area contributed by atoms with E-state index < -0.39 is 15.1 Å². The first-order valence-electron chi connectivity index (χ1n) is 6.25. The SMILES string of the molecule is O=Cc1ccc2cnc(C3CCCCS3(=O)=O)n2c1. The Bertz CT molecular complexity index is 733. The number of pyridine rings is 1. The van der Waals surface area contributed by atoms with E-state index >= 15 is 0 Å². The fraction of sp³-hybridized carbons (Fsp3) is 0.385. The normalized spacial score (nSPS) is 22.4. The minimum Gasteiger partial charge on any atom is -0.302 e. The smallest absolute Gasteiger partial charge is 0.160 e. The number of aromatic nitrogens is 2. The quantitative estimate of drug-likeness (QED) is 0.785. The van der Waals surface area contributed by atoms with Gasteiger partial charge in [0.2, 0.25) is 0 Å². The minimum absolute atomic E-state index is 0.222.